The highest BCUT2D eigenvalue weighted by molar-refractivity contribution is 6.31. The molecule has 1 aliphatic rings. The van der Waals surface area contributed by atoms with Gasteiger partial charge in [-0.15, -0.1) is 0 Å². The molecule has 0 heterocycles. The lowest BCUT2D eigenvalue weighted by molar-refractivity contribution is 0.184. The minimum atomic E-state index is -0.182. The summed E-state index contributed by atoms with van der Waals surface area (Å²) in [5, 5.41) is 4.26. The number of hydrogen-bond donors (Lipinski definition) is 1. The third kappa shape index (κ3) is 4.96. The molecule has 0 radical (unpaired) electrons. The zero-order valence-electron chi connectivity index (χ0n) is 13.2. The van der Waals surface area contributed by atoms with Crippen molar-refractivity contribution in [1.29, 1.82) is 0 Å². The van der Waals surface area contributed by atoms with Gasteiger partial charge in [-0.25, -0.2) is 4.39 Å². The molecule has 3 heteroatoms. The summed E-state index contributed by atoms with van der Waals surface area (Å²) >= 11 is 6.24. The molecule has 0 amide bonds. The van der Waals surface area contributed by atoms with Crippen LogP contribution in [0.25, 0.3) is 0 Å². The van der Waals surface area contributed by atoms with Gasteiger partial charge >= 0.3 is 0 Å². The van der Waals surface area contributed by atoms with E-state index in [1.54, 1.807) is 12.1 Å². The molecule has 0 aromatic heterocycles. The average molecular weight is 312 g/mol. The maximum Gasteiger partial charge on any atom is 0.123 e. The van der Waals surface area contributed by atoms with Crippen LogP contribution in [-0.4, -0.2) is 13.1 Å². The summed E-state index contributed by atoms with van der Waals surface area (Å²) in [5.74, 6) is 1.88. The molecule has 0 bridgehead atoms. The van der Waals surface area contributed by atoms with Gasteiger partial charge in [0.05, 0.1) is 0 Å². The minimum absolute atomic E-state index is 0.182. The second kappa shape index (κ2) is 8.14. The van der Waals surface area contributed by atoms with E-state index in [2.05, 4.69) is 19.2 Å². The molecular formula is C18H27ClFN. The second-order valence-corrected chi connectivity index (χ2v) is 6.99. The molecule has 118 valence electrons. The topological polar surface area (TPSA) is 12.0 Å². The van der Waals surface area contributed by atoms with Crippen molar-refractivity contribution < 1.29 is 4.39 Å². The molecule has 3 unspecified atom stereocenters. The number of rotatable bonds is 6. The summed E-state index contributed by atoms with van der Waals surface area (Å²) in [4.78, 5) is 0. The van der Waals surface area contributed by atoms with Crippen LogP contribution < -0.4 is 5.32 Å². The number of hydrogen-bond acceptors (Lipinski definition) is 1. The van der Waals surface area contributed by atoms with E-state index >= 15 is 0 Å². The van der Waals surface area contributed by atoms with Crippen molar-refractivity contribution in [2.75, 3.05) is 13.1 Å². The number of nitrogens with one attached hydrogen (secondary N) is 1. The molecule has 1 N–H and O–H groups in total. The van der Waals surface area contributed by atoms with Crippen molar-refractivity contribution in [3.05, 3.63) is 34.6 Å². The second-order valence-electron chi connectivity index (χ2n) is 6.58. The summed E-state index contributed by atoms with van der Waals surface area (Å²) in [6.45, 7) is 6.69. The quantitative estimate of drug-likeness (QED) is 0.723. The van der Waals surface area contributed by atoms with Gasteiger partial charge in [0.15, 0.2) is 0 Å². The predicted molar refractivity (Wildman–Crippen MR) is 88.3 cm³/mol. The molecular weight excluding hydrogens is 285 g/mol. The van der Waals surface area contributed by atoms with E-state index in [0.717, 1.165) is 31.0 Å². The molecule has 3 atom stereocenters. The molecule has 1 aliphatic carbocycles. The minimum Gasteiger partial charge on any atom is -0.316 e. The SMILES string of the molecule is CCCNCC1CCC(C)CC1Cc1cc(F)ccc1Cl. The third-order valence-corrected chi connectivity index (χ3v) is 5.09. The Morgan fingerprint density at radius 1 is 1.29 bits per heavy atom. The molecule has 1 aromatic carbocycles. The van der Waals surface area contributed by atoms with E-state index < -0.39 is 0 Å². The molecule has 21 heavy (non-hydrogen) atoms. The van der Waals surface area contributed by atoms with E-state index in [1.165, 1.54) is 31.7 Å². The van der Waals surface area contributed by atoms with Crippen molar-refractivity contribution in [2.24, 2.45) is 17.8 Å². The van der Waals surface area contributed by atoms with Gasteiger partial charge in [0, 0.05) is 5.02 Å². The first-order chi connectivity index (χ1) is 10.1. The van der Waals surface area contributed by atoms with Gasteiger partial charge in [-0.05, 0) is 80.3 Å². The summed E-state index contributed by atoms with van der Waals surface area (Å²) < 4.78 is 13.5. The van der Waals surface area contributed by atoms with Crippen molar-refractivity contribution in [2.45, 2.75) is 46.0 Å². The zero-order chi connectivity index (χ0) is 15.2. The molecule has 2 rings (SSSR count). The average Bonchev–Trinajstić information content (AvgIpc) is 2.45. The van der Waals surface area contributed by atoms with Crippen LogP contribution in [-0.2, 0) is 6.42 Å². The molecule has 1 saturated carbocycles. The monoisotopic (exact) mass is 311 g/mol. The fraction of sp³-hybridized carbons (Fsp3) is 0.667. The van der Waals surface area contributed by atoms with Crippen LogP contribution in [0.3, 0.4) is 0 Å². The van der Waals surface area contributed by atoms with Gasteiger partial charge in [0.25, 0.3) is 0 Å². The van der Waals surface area contributed by atoms with Gasteiger partial charge in [-0.2, -0.15) is 0 Å². The largest absolute Gasteiger partial charge is 0.316 e. The van der Waals surface area contributed by atoms with E-state index in [-0.39, 0.29) is 5.82 Å². The van der Waals surface area contributed by atoms with Crippen LogP contribution in [0.1, 0.15) is 45.1 Å². The first-order valence-electron chi connectivity index (χ1n) is 8.24. The summed E-state index contributed by atoms with van der Waals surface area (Å²) in [6, 6.07) is 4.73. The highest BCUT2D eigenvalue weighted by atomic mass is 35.5. The normalized spacial score (nSPS) is 26.0. The van der Waals surface area contributed by atoms with Gasteiger partial charge in [-0.1, -0.05) is 31.9 Å². The summed E-state index contributed by atoms with van der Waals surface area (Å²) in [5.41, 5.74) is 0.969. The fourth-order valence-corrected chi connectivity index (χ4v) is 3.72. The molecule has 0 aliphatic heterocycles. The molecule has 0 spiro atoms. The molecule has 1 nitrogen and oxygen atoms in total. The van der Waals surface area contributed by atoms with Crippen LogP contribution in [0.15, 0.2) is 18.2 Å². The Bertz CT molecular complexity index is 449. The van der Waals surface area contributed by atoms with E-state index in [4.69, 9.17) is 11.6 Å². The van der Waals surface area contributed by atoms with Crippen LogP contribution in [0.4, 0.5) is 4.39 Å². The first-order valence-corrected chi connectivity index (χ1v) is 8.62. The third-order valence-electron chi connectivity index (χ3n) is 4.73. The lowest BCUT2D eigenvalue weighted by atomic mass is 9.72. The van der Waals surface area contributed by atoms with Gasteiger partial charge in [0.2, 0.25) is 0 Å². The Kier molecular flexibility index (Phi) is 6.50. The van der Waals surface area contributed by atoms with E-state index in [0.29, 0.717) is 16.9 Å². The predicted octanol–water partition coefficient (Wildman–Crippen LogP) is 5.07. The Hall–Kier alpha value is -0.600. The zero-order valence-corrected chi connectivity index (χ0v) is 13.9. The highest BCUT2D eigenvalue weighted by Crippen LogP contribution is 2.36. The molecule has 0 saturated heterocycles. The van der Waals surface area contributed by atoms with Crippen molar-refractivity contribution >= 4 is 11.6 Å². The Labute approximate surface area is 133 Å². The first kappa shape index (κ1) is 16.8. The fourth-order valence-electron chi connectivity index (χ4n) is 3.53. The van der Waals surface area contributed by atoms with Crippen molar-refractivity contribution in [3.8, 4) is 0 Å². The Balaban J connectivity index is 2.03. The number of benzene rings is 1. The highest BCUT2D eigenvalue weighted by Gasteiger charge is 2.28. The van der Waals surface area contributed by atoms with Crippen molar-refractivity contribution in [3.63, 3.8) is 0 Å². The smallest absolute Gasteiger partial charge is 0.123 e. The van der Waals surface area contributed by atoms with Crippen molar-refractivity contribution in [1.82, 2.24) is 5.32 Å². The van der Waals surface area contributed by atoms with Crippen LogP contribution in [0, 0.1) is 23.6 Å². The van der Waals surface area contributed by atoms with Gasteiger partial charge < -0.3 is 5.32 Å². The lowest BCUT2D eigenvalue weighted by Crippen LogP contribution is -2.34. The van der Waals surface area contributed by atoms with Crippen LogP contribution in [0.5, 0.6) is 0 Å². The van der Waals surface area contributed by atoms with Gasteiger partial charge in [0.1, 0.15) is 5.82 Å². The Morgan fingerprint density at radius 3 is 2.86 bits per heavy atom. The lowest BCUT2D eigenvalue weighted by Gasteiger charge is -2.35. The van der Waals surface area contributed by atoms with Crippen LogP contribution in [0.2, 0.25) is 5.02 Å². The van der Waals surface area contributed by atoms with Gasteiger partial charge in [-0.3, -0.25) is 0 Å². The summed E-state index contributed by atoms with van der Waals surface area (Å²) in [6.07, 6.45) is 5.88. The van der Waals surface area contributed by atoms with E-state index in [1.807, 2.05) is 0 Å². The summed E-state index contributed by atoms with van der Waals surface area (Å²) in [7, 11) is 0. The maximum absolute atomic E-state index is 13.5. The van der Waals surface area contributed by atoms with Crippen LogP contribution >= 0.6 is 11.6 Å². The number of halogens is 2. The van der Waals surface area contributed by atoms with E-state index in [9.17, 15) is 4.39 Å². The maximum atomic E-state index is 13.5. The molecule has 1 aromatic rings. The standard InChI is InChI=1S/C18H27ClFN/c1-3-8-21-12-14-5-4-13(2)9-15(14)10-16-11-17(20)6-7-18(16)19/h6-7,11,13-15,21H,3-5,8-10,12H2,1-2H3. The Morgan fingerprint density at radius 2 is 2.10 bits per heavy atom. The molecule has 1 fully saturated rings.